The second-order valence-corrected chi connectivity index (χ2v) is 7.72. The van der Waals surface area contributed by atoms with Gasteiger partial charge in [-0.15, -0.1) is 0 Å². The molecular weight excluding hydrogens is 423 g/mol. The van der Waals surface area contributed by atoms with E-state index >= 15 is 0 Å². The van der Waals surface area contributed by atoms with E-state index in [0.29, 0.717) is 21.2 Å². The molecule has 1 amide bonds. The fourth-order valence-corrected chi connectivity index (χ4v) is 3.83. The van der Waals surface area contributed by atoms with Crippen LogP contribution >= 0.6 is 23.2 Å². The summed E-state index contributed by atoms with van der Waals surface area (Å²) in [5, 5.41) is 11.9. The Morgan fingerprint density at radius 3 is 2.43 bits per heavy atom. The van der Waals surface area contributed by atoms with Gasteiger partial charge in [-0.3, -0.25) is 14.6 Å². The summed E-state index contributed by atoms with van der Waals surface area (Å²) in [5.41, 5.74) is 1.79. The molecule has 0 spiro atoms. The third-order valence-electron chi connectivity index (χ3n) is 4.90. The smallest absolute Gasteiger partial charge is 0.295 e. The van der Waals surface area contributed by atoms with Gasteiger partial charge in [0.2, 0.25) is 0 Å². The van der Waals surface area contributed by atoms with Gasteiger partial charge in [-0.25, -0.2) is 0 Å². The highest BCUT2D eigenvalue weighted by molar-refractivity contribution is 6.46. The fourth-order valence-electron chi connectivity index (χ4n) is 3.51. The number of amides is 1. The lowest BCUT2D eigenvalue weighted by Crippen LogP contribution is -2.29. The van der Waals surface area contributed by atoms with Crippen LogP contribution in [0.15, 0.2) is 78.6 Å². The molecule has 5 nitrogen and oxygen atoms in total. The number of aromatic nitrogens is 1. The molecular formula is C23H16Cl2N2O3. The molecule has 1 aliphatic rings. The first-order valence-electron chi connectivity index (χ1n) is 9.14. The Morgan fingerprint density at radius 2 is 1.77 bits per heavy atom. The summed E-state index contributed by atoms with van der Waals surface area (Å²) in [6, 6.07) is 16.1. The highest BCUT2D eigenvalue weighted by atomic mass is 35.5. The molecule has 7 heteroatoms. The van der Waals surface area contributed by atoms with Crippen LogP contribution in [0.25, 0.3) is 5.76 Å². The zero-order chi connectivity index (χ0) is 21.3. The molecule has 150 valence electrons. The molecule has 30 heavy (non-hydrogen) atoms. The van der Waals surface area contributed by atoms with E-state index in [0.717, 1.165) is 5.56 Å². The number of benzene rings is 2. The van der Waals surface area contributed by atoms with E-state index in [1.807, 2.05) is 6.07 Å². The molecule has 1 unspecified atom stereocenters. The van der Waals surface area contributed by atoms with Crippen molar-refractivity contribution < 1.29 is 14.7 Å². The van der Waals surface area contributed by atoms with Crippen LogP contribution in [0.3, 0.4) is 0 Å². The molecule has 0 saturated carbocycles. The van der Waals surface area contributed by atoms with Gasteiger partial charge < -0.3 is 10.0 Å². The predicted molar refractivity (Wildman–Crippen MR) is 115 cm³/mol. The number of rotatable bonds is 4. The molecule has 0 bridgehead atoms. The Hall–Kier alpha value is -3.15. The lowest BCUT2D eigenvalue weighted by Gasteiger charge is -2.25. The molecule has 1 aromatic heterocycles. The number of Topliss-reactive ketones (excluding diaryl/α,β-unsaturated/α-hetero) is 1. The minimum absolute atomic E-state index is 0.00785. The number of pyridine rings is 1. The van der Waals surface area contributed by atoms with Crippen molar-refractivity contribution in [3.8, 4) is 0 Å². The number of likely N-dealkylation sites (tertiary alicyclic amines) is 1. The van der Waals surface area contributed by atoms with Crippen molar-refractivity contribution in [2.45, 2.75) is 12.6 Å². The van der Waals surface area contributed by atoms with E-state index in [-0.39, 0.29) is 17.9 Å². The number of halogens is 2. The van der Waals surface area contributed by atoms with E-state index in [4.69, 9.17) is 23.2 Å². The average Bonchev–Trinajstić information content (AvgIpc) is 2.99. The molecule has 1 fully saturated rings. The van der Waals surface area contributed by atoms with Gasteiger partial charge in [0, 0.05) is 34.5 Å². The summed E-state index contributed by atoms with van der Waals surface area (Å²) in [4.78, 5) is 31.4. The molecule has 0 radical (unpaired) electrons. The summed E-state index contributed by atoms with van der Waals surface area (Å²) in [7, 11) is 0. The second-order valence-electron chi connectivity index (χ2n) is 6.85. The molecule has 1 saturated heterocycles. The predicted octanol–water partition coefficient (Wildman–Crippen LogP) is 5.01. The van der Waals surface area contributed by atoms with Crippen molar-refractivity contribution in [1.82, 2.24) is 9.88 Å². The highest BCUT2D eigenvalue weighted by Gasteiger charge is 2.46. The summed E-state index contributed by atoms with van der Waals surface area (Å²) < 4.78 is 0. The van der Waals surface area contributed by atoms with E-state index in [1.165, 1.54) is 4.90 Å². The highest BCUT2D eigenvalue weighted by Crippen LogP contribution is 2.40. The third-order valence-corrected chi connectivity index (χ3v) is 5.39. The van der Waals surface area contributed by atoms with Gasteiger partial charge in [0.25, 0.3) is 11.7 Å². The van der Waals surface area contributed by atoms with E-state index in [2.05, 4.69) is 4.98 Å². The van der Waals surface area contributed by atoms with Gasteiger partial charge in [0.15, 0.2) is 0 Å². The normalized spacial score (nSPS) is 18.1. The minimum atomic E-state index is -0.776. The van der Waals surface area contributed by atoms with Crippen molar-refractivity contribution in [2.24, 2.45) is 0 Å². The summed E-state index contributed by atoms with van der Waals surface area (Å²) in [5.74, 6) is -1.72. The third kappa shape index (κ3) is 3.82. The van der Waals surface area contributed by atoms with Gasteiger partial charge in [0.1, 0.15) is 5.76 Å². The first-order valence-corrected chi connectivity index (χ1v) is 9.90. The van der Waals surface area contributed by atoms with Crippen LogP contribution < -0.4 is 0 Å². The summed E-state index contributed by atoms with van der Waals surface area (Å²) in [6.07, 6.45) is 3.27. The number of aliphatic hydroxyl groups excluding tert-OH is 1. The monoisotopic (exact) mass is 438 g/mol. The van der Waals surface area contributed by atoms with Crippen LogP contribution in [-0.4, -0.2) is 26.7 Å². The van der Waals surface area contributed by atoms with E-state index in [1.54, 1.807) is 67.0 Å². The maximum absolute atomic E-state index is 13.0. The number of carbonyl (C=O) groups excluding carboxylic acids is 2. The quantitative estimate of drug-likeness (QED) is 0.353. The molecule has 2 aromatic carbocycles. The number of nitrogens with zero attached hydrogens (tertiary/aromatic N) is 2. The largest absolute Gasteiger partial charge is 0.507 e. The van der Waals surface area contributed by atoms with Crippen molar-refractivity contribution in [3.63, 3.8) is 0 Å². The lowest BCUT2D eigenvalue weighted by atomic mass is 9.95. The number of carbonyl (C=O) groups is 2. The van der Waals surface area contributed by atoms with Crippen molar-refractivity contribution in [1.29, 1.82) is 0 Å². The van der Waals surface area contributed by atoms with Crippen molar-refractivity contribution in [2.75, 3.05) is 0 Å². The van der Waals surface area contributed by atoms with Gasteiger partial charge >= 0.3 is 0 Å². The average molecular weight is 439 g/mol. The van der Waals surface area contributed by atoms with Crippen LogP contribution in [0.2, 0.25) is 10.0 Å². The number of hydrogen-bond acceptors (Lipinski definition) is 4. The van der Waals surface area contributed by atoms with Gasteiger partial charge in [0.05, 0.1) is 11.6 Å². The standard InChI is InChI=1S/C23H16Cl2N2O3/c24-17-8-6-15(7-9-17)20-19(21(28)16-4-1-5-18(25)11-16)22(29)23(30)27(20)13-14-3-2-10-26-12-14/h1-12,20,28H,13H2/b21-19-. The van der Waals surface area contributed by atoms with E-state index < -0.39 is 17.7 Å². The number of ketones is 1. The molecule has 1 N–H and O–H groups in total. The summed E-state index contributed by atoms with van der Waals surface area (Å²) >= 11 is 12.1. The SMILES string of the molecule is O=C1C(=O)N(Cc2cccnc2)C(c2ccc(Cl)cc2)/C1=C(/O)c1cccc(Cl)c1. The van der Waals surface area contributed by atoms with Crippen LogP contribution in [0, 0.1) is 0 Å². The van der Waals surface area contributed by atoms with E-state index in [9.17, 15) is 14.7 Å². The molecule has 1 atom stereocenters. The zero-order valence-corrected chi connectivity index (χ0v) is 17.1. The number of hydrogen-bond donors (Lipinski definition) is 1. The van der Waals surface area contributed by atoms with Crippen molar-refractivity contribution in [3.05, 3.63) is 105 Å². The second kappa shape index (κ2) is 8.30. The van der Waals surface area contributed by atoms with Crippen LogP contribution in [0.1, 0.15) is 22.7 Å². The molecule has 1 aliphatic heterocycles. The zero-order valence-electron chi connectivity index (χ0n) is 15.6. The van der Waals surface area contributed by atoms with Crippen molar-refractivity contribution >= 4 is 40.7 Å². The number of aliphatic hydroxyl groups is 1. The van der Waals surface area contributed by atoms with Gasteiger partial charge in [-0.2, -0.15) is 0 Å². The fraction of sp³-hybridized carbons (Fsp3) is 0.0870. The lowest BCUT2D eigenvalue weighted by molar-refractivity contribution is -0.140. The molecule has 0 aliphatic carbocycles. The van der Waals surface area contributed by atoms with Crippen LogP contribution in [0.4, 0.5) is 0 Å². The Kier molecular flexibility index (Phi) is 5.57. The van der Waals surface area contributed by atoms with Crippen LogP contribution in [0.5, 0.6) is 0 Å². The molecule has 3 aromatic rings. The summed E-state index contributed by atoms with van der Waals surface area (Å²) in [6.45, 7) is 0.165. The van der Waals surface area contributed by atoms with Crippen LogP contribution in [-0.2, 0) is 16.1 Å². The van der Waals surface area contributed by atoms with Gasteiger partial charge in [-0.1, -0.05) is 53.5 Å². The first kappa shape index (κ1) is 20.1. The van der Waals surface area contributed by atoms with Gasteiger partial charge in [-0.05, 0) is 41.5 Å². The molecule has 2 heterocycles. The Bertz CT molecular complexity index is 1140. The topological polar surface area (TPSA) is 70.5 Å². The Labute approximate surface area is 183 Å². The minimum Gasteiger partial charge on any atom is -0.507 e. The molecule has 4 rings (SSSR count). The maximum atomic E-state index is 13.0. The maximum Gasteiger partial charge on any atom is 0.295 e. The Morgan fingerprint density at radius 1 is 1.00 bits per heavy atom. The first-order chi connectivity index (χ1) is 14.5. The Balaban J connectivity index is 1.87.